The molecule has 2 heteroatoms. The van der Waals surface area contributed by atoms with Gasteiger partial charge in [-0.05, 0) is 30.7 Å². The smallest absolute Gasteiger partial charge is 0.119 e. The number of hydrogen-bond donors (Lipinski definition) is 0. The summed E-state index contributed by atoms with van der Waals surface area (Å²) in [7, 11) is 0. The largest absolute Gasteiger partial charge is 0.489 e. The van der Waals surface area contributed by atoms with Crippen molar-refractivity contribution in [1.29, 1.82) is 0 Å². The molecular formula is C14H13ClO. The van der Waals surface area contributed by atoms with Crippen molar-refractivity contribution < 1.29 is 4.74 Å². The van der Waals surface area contributed by atoms with Gasteiger partial charge in [0.2, 0.25) is 0 Å². The predicted octanol–water partition coefficient (Wildman–Crippen LogP) is 4.23. The number of para-hydroxylation sites is 1. The van der Waals surface area contributed by atoms with Gasteiger partial charge in [-0.25, -0.2) is 0 Å². The molecule has 2 aromatic carbocycles. The van der Waals surface area contributed by atoms with E-state index in [0.717, 1.165) is 21.9 Å². The van der Waals surface area contributed by atoms with E-state index in [4.69, 9.17) is 16.3 Å². The number of halogens is 1. The lowest BCUT2D eigenvalue weighted by molar-refractivity contribution is 0.306. The minimum absolute atomic E-state index is 0.503. The highest BCUT2D eigenvalue weighted by Gasteiger charge is 2.01. The topological polar surface area (TPSA) is 9.23 Å². The highest BCUT2D eigenvalue weighted by Crippen LogP contribution is 2.19. The Labute approximate surface area is 101 Å². The van der Waals surface area contributed by atoms with Gasteiger partial charge in [-0.2, -0.15) is 0 Å². The average molecular weight is 233 g/mol. The quantitative estimate of drug-likeness (QED) is 0.770. The van der Waals surface area contributed by atoms with Crippen molar-refractivity contribution in [3.8, 4) is 5.75 Å². The first-order valence-corrected chi connectivity index (χ1v) is 5.56. The maximum Gasteiger partial charge on any atom is 0.119 e. The fraction of sp³-hybridized carbons (Fsp3) is 0.143. The van der Waals surface area contributed by atoms with Crippen molar-refractivity contribution in [3.63, 3.8) is 0 Å². The monoisotopic (exact) mass is 232 g/mol. The third kappa shape index (κ3) is 2.77. The minimum Gasteiger partial charge on any atom is -0.489 e. The van der Waals surface area contributed by atoms with E-state index in [-0.39, 0.29) is 0 Å². The van der Waals surface area contributed by atoms with Crippen LogP contribution in [0.5, 0.6) is 5.75 Å². The molecule has 2 aromatic rings. The van der Waals surface area contributed by atoms with Crippen LogP contribution in [0, 0.1) is 6.92 Å². The molecule has 0 saturated heterocycles. The van der Waals surface area contributed by atoms with Crippen LogP contribution in [0.25, 0.3) is 0 Å². The van der Waals surface area contributed by atoms with Gasteiger partial charge in [0, 0.05) is 10.6 Å². The zero-order valence-corrected chi connectivity index (χ0v) is 9.87. The Morgan fingerprint density at radius 3 is 2.50 bits per heavy atom. The van der Waals surface area contributed by atoms with Gasteiger partial charge >= 0.3 is 0 Å². The number of benzene rings is 2. The van der Waals surface area contributed by atoms with E-state index in [1.807, 2.05) is 55.5 Å². The Balaban J connectivity index is 2.05. The van der Waals surface area contributed by atoms with Crippen molar-refractivity contribution >= 4 is 11.6 Å². The summed E-state index contributed by atoms with van der Waals surface area (Å²) in [6.45, 7) is 2.52. The lowest BCUT2D eigenvalue weighted by Gasteiger charge is -2.08. The van der Waals surface area contributed by atoms with Crippen molar-refractivity contribution in [1.82, 2.24) is 0 Å². The summed E-state index contributed by atoms with van der Waals surface area (Å²) in [5, 5.41) is 0.760. The van der Waals surface area contributed by atoms with E-state index >= 15 is 0 Å². The van der Waals surface area contributed by atoms with Crippen LogP contribution in [0.15, 0.2) is 48.5 Å². The third-order valence-electron chi connectivity index (χ3n) is 2.35. The molecule has 0 aliphatic heterocycles. The van der Waals surface area contributed by atoms with Crippen molar-refractivity contribution in [3.05, 3.63) is 64.7 Å². The number of ether oxygens (including phenoxy) is 1. The first-order chi connectivity index (χ1) is 7.75. The molecule has 0 aliphatic carbocycles. The van der Waals surface area contributed by atoms with Gasteiger partial charge in [0.25, 0.3) is 0 Å². The second-order valence-corrected chi connectivity index (χ2v) is 4.10. The fourth-order valence-electron chi connectivity index (χ4n) is 1.45. The highest BCUT2D eigenvalue weighted by atomic mass is 35.5. The summed E-state index contributed by atoms with van der Waals surface area (Å²) in [5.41, 5.74) is 2.17. The second-order valence-electron chi connectivity index (χ2n) is 3.70. The van der Waals surface area contributed by atoms with Gasteiger partial charge in [-0.1, -0.05) is 41.9 Å². The molecule has 0 N–H and O–H groups in total. The number of rotatable bonds is 3. The molecule has 82 valence electrons. The predicted molar refractivity (Wildman–Crippen MR) is 67.0 cm³/mol. The molecule has 16 heavy (non-hydrogen) atoms. The number of hydrogen-bond acceptors (Lipinski definition) is 1. The fourth-order valence-corrected chi connectivity index (χ4v) is 1.74. The molecule has 0 aliphatic rings. The van der Waals surface area contributed by atoms with Gasteiger partial charge < -0.3 is 4.74 Å². The van der Waals surface area contributed by atoms with Crippen LogP contribution in [0.4, 0.5) is 0 Å². The molecule has 0 aromatic heterocycles. The number of aryl methyl sites for hydroxylation is 1. The summed E-state index contributed by atoms with van der Waals surface area (Å²) >= 11 is 6.12. The van der Waals surface area contributed by atoms with Gasteiger partial charge in [0.1, 0.15) is 12.4 Å². The van der Waals surface area contributed by atoms with Gasteiger partial charge in [-0.15, -0.1) is 0 Å². The molecule has 0 radical (unpaired) electrons. The van der Waals surface area contributed by atoms with Crippen LogP contribution in [0.2, 0.25) is 5.02 Å². The summed E-state index contributed by atoms with van der Waals surface area (Å²) in [5.74, 6) is 0.860. The summed E-state index contributed by atoms with van der Waals surface area (Å²) in [6.07, 6.45) is 0. The maximum atomic E-state index is 6.12. The van der Waals surface area contributed by atoms with Crippen molar-refractivity contribution in [2.75, 3.05) is 0 Å². The molecule has 0 amide bonds. The van der Waals surface area contributed by atoms with Crippen LogP contribution in [0.1, 0.15) is 11.1 Å². The van der Waals surface area contributed by atoms with E-state index in [9.17, 15) is 0 Å². The molecule has 2 rings (SSSR count). The minimum atomic E-state index is 0.503. The highest BCUT2D eigenvalue weighted by molar-refractivity contribution is 6.31. The SMILES string of the molecule is Cc1ccc(COc2ccccc2)c(Cl)c1. The van der Waals surface area contributed by atoms with Crippen LogP contribution >= 0.6 is 11.6 Å². The van der Waals surface area contributed by atoms with E-state index in [2.05, 4.69) is 0 Å². The Morgan fingerprint density at radius 2 is 1.81 bits per heavy atom. The van der Waals surface area contributed by atoms with E-state index in [1.54, 1.807) is 0 Å². The Morgan fingerprint density at radius 1 is 1.06 bits per heavy atom. The normalized spacial score (nSPS) is 10.1. The average Bonchev–Trinajstić information content (AvgIpc) is 2.29. The third-order valence-corrected chi connectivity index (χ3v) is 2.70. The molecule has 0 atom stereocenters. The zero-order chi connectivity index (χ0) is 11.4. The Bertz CT molecular complexity index is 465. The van der Waals surface area contributed by atoms with Crippen LogP contribution in [-0.2, 0) is 6.61 Å². The molecule has 0 unspecified atom stereocenters. The first-order valence-electron chi connectivity index (χ1n) is 5.18. The Hall–Kier alpha value is -1.47. The summed E-state index contributed by atoms with van der Waals surface area (Å²) in [6, 6.07) is 15.7. The first kappa shape index (κ1) is 11.0. The van der Waals surface area contributed by atoms with E-state index < -0.39 is 0 Å². The Kier molecular flexibility index (Phi) is 3.47. The zero-order valence-electron chi connectivity index (χ0n) is 9.11. The summed E-state index contributed by atoms with van der Waals surface area (Å²) < 4.78 is 5.63. The summed E-state index contributed by atoms with van der Waals surface area (Å²) in [4.78, 5) is 0. The van der Waals surface area contributed by atoms with Crippen LogP contribution in [-0.4, -0.2) is 0 Å². The van der Waals surface area contributed by atoms with Crippen molar-refractivity contribution in [2.45, 2.75) is 13.5 Å². The van der Waals surface area contributed by atoms with Gasteiger partial charge in [0.15, 0.2) is 0 Å². The molecule has 1 nitrogen and oxygen atoms in total. The molecule has 0 heterocycles. The van der Waals surface area contributed by atoms with Gasteiger partial charge in [-0.3, -0.25) is 0 Å². The lowest BCUT2D eigenvalue weighted by atomic mass is 10.2. The standard InChI is InChI=1S/C14H13ClO/c1-11-7-8-12(14(15)9-11)10-16-13-5-3-2-4-6-13/h2-9H,10H2,1H3. The molecule has 0 saturated carbocycles. The molecular weight excluding hydrogens is 220 g/mol. The molecule has 0 spiro atoms. The van der Waals surface area contributed by atoms with E-state index in [0.29, 0.717) is 6.61 Å². The lowest BCUT2D eigenvalue weighted by Crippen LogP contribution is -1.96. The van der Waals surface area contributed by atoms with Crippen molar-refractivity contribution in [2.24, 2.45) is 0 Å². The van der Waals surface area contributed by atoms with Gasteiger partial charge in [0.05, 0.1) is 0 Å². The van der Waals surface area contributed by atoms with E-state index in [1.165, 1.54) is 0 Å². The maximum absolute atomic E-state index is 6.12. The molecule has 0 fully saturated rings. The van der Waals surface area contributed by atoms with Crippen LogP contribution < -0.4 is 4.74 Å². The second kappa shape index (κ2) is 5.04. The van der Waals surface area contributed by atoms with Crippen LogP contribution in [0.3, 0.4) is 0 Å². The molecule has 0 bridgehead atoms.